The fourth-order valence-electron chi connectivity index (χ4n) is 2.22. The molecule has 1 unspecified atom stereocenters. The normalized spacial score (nSPS) is 20.7. The topological polar surface area (TPSA) is 77.8 Å². The Kier molecular flexibility index (Phi) is 3.62. The molecule has 5 heteroatoms. The molecule has 1 amide bonds. The van der Waals surface area contributed by atoms with E-state index in [1.54, 1.807) is 30.3 Å². The number of aliphatic hydroxyl groups is 1. The first kappa shape index (κ1) is 12.6. The molecule has 1 aromatic rings. The standard InChI is InChI=1S/C13H15NO4/c15-11(9-5-2-1-3-6-9)12(16)14-8-4-7-10(14)13(17)18/h1-3,5-6,10-11,15H,4,7-8H2,(H,17,18)/t10-,11?/m1/s1. The Morgan fingerprint density at radius 2 is 1.94 bits per heavy atom. The van der Waals surface area contributed by atoms with Gasteiger partial charge in [-0.2, -0.15) is 0 Å². The molecule has 2 rings (SSSR count). The van der Waals surface area contributed by atoms with Crippen LogP contribution in [0.3, 0.4) is 0 Å². The van der Waals surface area contributed by atoms with Crippen molar-refractivity contribution in [2.75, 3.05) is 6.54 Å². The van der Waals surface area contributed by atoms with Crippen molar-refractivity contribution in [1.29, 1.82) is 0 Å². The maximum atomic E-state index is 12.1. The van der Waals surface area contributed by atoms with E-state index in [1.807, 2.05) is 0 Å². The zero-order valence-electron chi connectivity index (χ0n) is 9.82. The Bertz CT molecular complexity index is 446. The van der Waals surface area contributed by atoms with Crippen molar-refractivity contribution in [2.24, 2.45) is 0 Å². The Morgan fingerprint density at radius 1 is 1.28 bits per heavy atom. The monoisotopic (exact) mass is 249 g/mol. The number of hydrogen-bond donors (Lipinski definition) is 2. The predicted octanol–water partition coefficient (Wildman–Crippen LogP) is 0.796. The molecule has 0 saturated carbocycles. The van der Waals surface area contributed by atoms with E-state index in [1.165, 1.54) is 4.90 Å². The number of likely N-dealkylation sites (tertiary alicyclic amines) is 1. The number of carboxylic acid groups (broad SMARTS) is 1. The lowest BCUT2D eigenvalue weighted by Gasteiger charge is -2.24. The number of carbonyl (C=O) groups excluding carboxylic acids is 1. The third-order valence-electron chi connectivity index (χ3n) is 3.17. The molecular weight excluding hydrogens is 234 g/mol. The van der Waals surface area contributed by atoms with Crippen LogP contribution in [0, 0.1) is 0 Å². The van der Waals surface area contributed by atoms with Gasteiger partial charge in [-0.05, 0) is 18.4 Å². The SMILES string of the molecule is O=C(O)[C@H]1CCCN1C(=O)C(O)c1ccccc1. The van der Waals surface area contributed by atoms with Gasteiger partial charge in [-0.15, -0.1) is 0 Å². The number of amides is 1. The first-order valence-electron chi connectivity index (χ1n) is 5.87. The van der Waals surface area contributed by atoms with Gasteiger partial charge in [0, 0.05) is 6.54 Å². The number of nitrogens with zero attached hydrogens (tertiary/aromatic N) is 1. The number of carbonyl (C=O) groups is 2. The van der Waals surface area contributed by atoms with Crippen molar-refractivity contribution in [1.82, 2.24) is 4.90 Å². The summed E-state index contributed by atoms with van der Waals surface area (Å²) in [6.07, 6.45) is -0.182. The van der Waals surface area contributed by atoms with Crippen molar-refractivity contribution in [3.8, 4) is 0 Å². The highest BCUT2D eigenvalue weighted by Crippen LogP contribution is 2.23. The maximum Gasteiger partial charge on any atom is 0.326 e. The third kappa shape index (κ3) is 2.36. The predicted molar refractivity (Wildman–Crippen MR) is 63.8 cm³/mol. The molecule has 18 heavy (non-hydrogen) atoms. The second-order valence-electron chi connectivity index (χ2n) is 4.34. The van der Waals surface area contributed by atoms with Crippen molar-refractivity contribution in [3.05, 3.63) is 35.9 Å². The summed E-state index contributed by atoms with van der Waals surface area (Å²) in [5.74, 6) is -1.55. The van der Waals surface area contributed by atoms with E-state index in [0.717, 1.165) is 0 Å². The van der Waals surface area contributed by atoms with Crippen LogP contribution < -0.4 is 0 Å². The van der Waals surface area contributed by atoms with E-state index in [9.17, 15) is 14.7 Å². The lowest BCUT2D eigenvalue weighted by molar-refractivity contribution is -0.152. The lowest BCUT2D eigenvalue weighted by atomic mass is 10.1. The van der Waals surface area contributed by atoms with Crippen LogP contribution in [-0.4, -0.2) is 39.6 Å². The molecule has 0 aromatic heterocycles. The Balaban J connectivity index is 2.14. The molecule has 1 aliphatic heterocycles. The molecule has 0 bridgehead atoms. The molecule has 2 N–H and O–H groups in total. The quantitative estimate of drug-likeness (QED) is 0.830. The summed E-state index contributed by atoms with van der Waals surface area (Å²) >= 11 is 0. The third-order valence-corrected chi connectivity index (χ3v) is 3.17. The van der Waals surface area contributed by atoms with Crippen LogP contribution in [0.5, 0.6) is 0 Å². The van der Waals surface area contributed by atoms with E-state index < -0.39 is 24.0 Å². The number of aliphatic hydroxyl groups excluding tert-OH is 1. The van der Waals surface area contributed by atoms with Crippen LogP contribution in [0.1, 0.15) is 24.5 Å². The maximum absolute atomic E-state index is 12.1. The molecule has 1 aliphatic rings. The highest BCUT2D eigenvalue weighted by Gasteiger charge is 2.36. The Labute approximate surface area is 105 Å². The van der Waals surface area contributed by atoms with Crippen LogP contribution in [0.15, 0.2) is 30.3 Å². The van der Waals surface area contributed by atoms with Gasteiger partial charge >= 0.3 is 5.97 Å². The minimum Gasteiger partial charge on any atom is -0.480 e. The van der Waals surface area contributed by atoms with E-state index in [4.69, 9.17) is 5.11 Å². The first-order valence-corrected chi connectivity index (χ1v) is 5.87. The summed E-state index contributed by atoms with van der Waals surface area (Å²) in [5.41, 5.74) is 0.485. The molecule has 1 saturated heterocycles. The zero-order chi connectivity index (χ0) is 13.1. The molecule has 0 radical (unpaired) electrons. The Hall–Kier alpha value is -1.88. The second-order valence-corrected chi connectivity index (χ2v) is 4.34. The fourth-order valence-corrected chi connectivity index (χ4v) is 2.22. The molecule has 0 spiro atoms. The first-order chi connectivity index (χ1) is 8.61. The summed E-state index contributed by atoms with van der Waals surface area (Å²) in [5, 5.41) is 19.0. The highest BCUT2D eigenvalue weighted by atomic mass is 16.4. The summed E-state index contributed by atoms with van der Waals surface area (Å²) in [7, 11) is 0. The van der Waals surface area contributed by atoms with E-state index in [0.29, 0.717) is 24.9 Å². The fraction of sp³-hybridized carbons (Fsp3) is 0.385. The molecule has 0 aliphatic carbocycles. The molecular formula is C13H15NO4. The highest BCUT2D eigenvalue weighted by molar-refractivity contribution is 5.87. The molecule has 5 nitrogen and oxygen atoms in total. The summed E-state index contributed by atoms with van der Waals surface area (Å²) < 4.78 is 0. The van der Waals surface area contributed by atoms with Crippen LogP contribution in [0.4, 0.5) is 0 Å². The molecule has 1 heterocycles. The summed E-state index contributed by atoms with van der Waals surface area (Å²) in [6.45, 7) is 0.389. The number of benzene rings is 1. The van der Waals surface area contributed by atoms with Crippen LogP contribution in [-0.2, 0) is 9.59 Å². The van der Waals surface area contributed by atoms with Gasteiger partial charge in [0.25, 0.3) is 5.91 Å². The lowest BCUT2D eigenvalue weighted by Crippen LogP contribution is -2.42. The van der Waals surface area contributed by atoms with Gasteiger partial charge in [-0.3, -0.25) is 4.79 Å². The number of carboxylic acids is 1. The van der Waals surface area contributed by atoms with Crippen LogP contribution in [0.25, 0.3) is 0 Å². The average molecular weight is 249 g/mol. The largest absolute Gasteiger partial charge is 0.480 e. The molecule has 1 fully saturated rings. The zero-order valence-corrected chi connectivity index (χ0v) is 9.82. The average Bonchev–Trinajstić information content (AvgIpc) is 2.87. The van der Waals surface area contributed by atoms with Gasteiger partial charge in [-0.25, -0.2) is 4.79 Å². The Morgan fingerprint density at radius 3 is 2.56 bits per heavy atom. The van der Waals surface area contributed by atoms with Gasteiger partial charge in [0.1, 0.15) is 6.04 Å². The van der Waals surface area contributed by atoms with E-state index >= 15 is 0 Å². The van der Waals surface area contributed by atoms with Crippen LogP contribution >= 0.6 is 0 Å². The van der Waals surface area contributed by atoms with Crippen molar-refractivity contribution < 1.29 is 19.8 Å². The van der Waals surface area contributed by atoms with E-state index in [-0.39, 0.29) is 0 Å². The minimum absolute atomic E-state index is 0.389. The van der Waals surface area contributed by atoms with Crippen molar-refractivity contribution in [2.45, 2.75) is 25.0 Å². The minimum atomic E-state index is -1.29. The smallest absolute Gasteiger partial charge is 0.326 e. The number of rotatable bonds is 3. The molecule has 1 aromatic carbocycles. The van der Waals surface area contributed by atoms with Gasteiger partial charge < -0.3 is 15.1 Å². The molecule has 96 valence electrons. The summed E-state index contributed by atoms with van der Waals surface area (Å²) in [6, 6.07) is 7.73. The summed E-state index contributed by atoms with van der Waals surface area (Å²) in [4.78, 5) is 24.3. The van der Waals surface area contributed by atoms with Crippen molar-refractivity contribution in [3.63, 3.8) is 0 Å². The number of aliphatic carboxylic acids is 1. The van der Waals surface area contributed by atoms with Gasteiger partial charge in [0.2, 0.25) is 0 Å². The van der Waals surface area contributed by atoms with E-state index in [2.05, 4.69) is 0 Å². The molecule has 2 atom stereocenters. The van der Waals surface area contributed by atoms with Gasteiger partial charge in [0.15, 0.2) is 6.10 Å². The van der Waals surface area contributed by atoms with Crippen molar-refractivity contribution >= 4 is 11.9 Å². The van der Waals surface area contributed by atoms with Crippen LogP contribution in [0.2, 0.25) is 0 Å². The number of hydrogen-bond acceptors (Lipinski definition) is 3. The van der Waals surface area contributed by atoms with Gasteiger partial charge in [0.05, 0.1) is 0 Å². The second kappa shape index (κ2) is 5.18. The van der Waals surface area contributed by atoms with Gasteiger partial charge in [-0.1, -0.05) is 30.3 Å².